The fourth-order valence-electron chi connectivity index (χ4n) is 15.5. The van der Waals surface area contributed by atoms with E-state index in [1.54, 1.807) is 0 Å². The maximum Gasteiger partial charge on any atom is 0.130 e. The van der Waals surface area contributed by atoms with E-state index < -0.39 is 0 Å². The number of methoxy groups -OCH3 is 2. The minimum atomic E-state index is 0.423. The summed E-state index contributed by atoms with van der Waals surface area (Å²) in [4.78, 5) is 0. The van der Waals surface area contributed by atoms with Gasteiger partial charge in [0, 0.05) is 44.9 Å². The molecule has 0 N–H and O–H groups in total. The zero-order chi connectivity index (χ0) is 28.2. The average molecular weight is 563 g/mol. The molecule has 0 amide bonds. The number of rotatable bonds is 2. The molecule has 212 valence electrons. The van der Waals surface area contributed by atoms with Crippen LogP contribution in [0.3, 0.4) is 0 Å². The van der Waals surface area contributed by atoms with E-state index in [0.29, 0.717) is 35.5 Å². The zero-order valence-electron chi connectivity index (χ0n) is 24.5. The Morgan fingerprint density at radius 2 is 1.00 bits per heavy atom. The molecule has 6 bridgehead atoms. The first-order valence-corrected chi connectivity index (χ1v) is 16.8. The van der Waals surface area contributed by atoms with E-state index in [0.717, 1.165) is 81.8 Å². The van der Waals surface area contributed by atoms with Gasteiger partial charge in [-0.1, -0.05) is 24.3 Å². The molecule has 0 aliphatic heterocycles. The van der Waals surface area contributed by atoms with Crippen LogP contribution < -0.4 is 9.47 Å². The van der Waals surface area contributed by atoms with Crippen molar-refractivity contribution in [2.24, 2.45) is 82.9 Å². The highest BCUT2D eigenvalue weighted by atomic mass is 16.5. The molecule has 0 unspecified atom stereocenters. The number of allylic oxidation sites excluding steroid dienone is 2. The standard InChI is InChI=1S/C39H34N2O2/c1-42-38-16-7-14-5-3-4-6-15(14)8-17(16)39(43-2)37-23-11-22(36(37)38)34-32-20-10-21(33(32)35(23)34)31-29-19-9-18(28(29)30(20)31)26-24(12-40)25(13-41)27(19)26/h3-8,18-23,26-35H,9-11H2,1-2H3/t18-,19+,20-,21+,22-,23+,26-,27+,28+,29-,30-,31+,32+,33-,34-,35+. The normalized spacial score (nSPS) is 48.7. The molecular formula is C39H34N2O2. The molecule has 9 aliphatic carbocycles. The Morgan fingerprint density at radius 3 is 1.44 bits per heavy atom. The van der Waals surface area contributed by atoms with Gasteiger partial charge in [0.1, 0.15) is 11.5 Å². The van der Waals surface area contributed by atoms with Crippen LogP contribution >= 0.6 is 0 Å². The highest BCUT2D eigenvalue weighted by molar-refractivity contribution is 6.05. The van der Waals surface area contributed by atoms with E-state index in [-0.39, 0.29) is 0 Å². The van der Waals surface area contributed by atoms with Gasteiger partial charge in [0.05, 0.1) is 26.4 Å². The highest BCUT2D eigenvalue weighted by Gasteiger charge is 2.82. The van der Waals surface area contributed by atoms with Gasteiger partial charge in [0.25, 0.3) is 0 Å². The third kappa shape index (κ3) is 2.12. The summed E-state index contributed by atoms with van der Waals surface area (Å²) in [6, 6.07) is 18.3. The Morgan fingerprint density at radius 1 is 0.581 bits per heavy atom. The van der Waals surface area contributed by atoms with Gasteiger partial charge >= 0.3 is 0 Å². The van der Waals surface area contributed by atoms with Crippen LogP contribution in [0.5, 0.6) is 11.5 Å². The molecule has 16 atom stereocenters. The molecule has 7 fully saturated rings. The van der Waals surface area contributed by atoms with Crippen molar-refractivity contribution in [2.45, 2.75) is 31.1 Å². The minimum absolute atomic E-state index is 0.423. The van der Waals surface area contributed by atoms with Gasteiger partial charge < -0.3 is 9.47 Å². The van der Waals surface area contributed by atoms with Gasteiger partial charge in [0.15, 0.2) is 0 Å². The number of nitriles is 2. The van der Waals surface area contributed by atoms with E-state index in [4.69, 9.17) is 9.47 Å². The van der Waals surface area contributed by atoms with Crippen molar-refractivity contribution in [3.8, 4) is 23.6 Å². The molecule has 0 saturated heterocycles. The van der Waals surface area contributed by atoms with Crippen molar-refractivity contribution in [3.05, 3.63) is 58.7 Å². The van der Waals surface area contributed by atoms with Crippen LogP contribution in [0.25, 0.3) is 21.5 Å². The van der Waals surface area contributed by atoms with Crippen molar-refractivity contribution >= 4 is 21.5 Å². The van der Waals surface area contributed by atoms with Gasteiger partial charge in [-0.15, -0.1) is 0 Å². The maximum atomic E-state index is 9.87. The molecule has 0 radical (unpaired) electrons. The third-order valence-electron chi connectivity index (χ3n) is 15.9. The maximum absolute atomic E-state index is 9.87. The summed E-state index contributed by atoms with van der Waals surface area (Å²) < 4.78 is 12.7. The summed E-state index contributed by atoms with van der Waals surface area (Å²) in [5, 5.41) is 24.7. The number of hydrogen-bond acceptors (Lipinski definition) is 4. The second kappa shape index (κ2) is 7.07. The van der Waals surface area contributed by atoms with E-state index >= 15 is 0 Å². The van der Waals surface area contributed by atoms with Crippen LogP contribution in [0.2, 0.25) is 0 Å². The van der Waals surface area contributed by atoms with Crippen molar-refractivity contribution in [2.75, 3.05) is 14.2 Å². The molecule has 12 rings (SSSR count). The number of nitrogens with zero attached hydrogens (tertiary/aromatic N) is 2. The van der Waals surface area contributed by atoms with Gasteiger partial charge in [-0.25, -0.2) is 0 Å². The van der Waals surface area contributed by atoms with Crippen LogP contribution in [-0.2, 0) is 0 Å². The summed E-state index contributed by atoms with van der Waals surface area (Å²) in [6.45, 7) is 0. The van der Waals surface area contributed by atoms with Crippen molar-refractivity contribution in [1.82, 2.24) is 0 Å². The van der Waals surface area contributed by atoms with E-state index in [1.165, 1.54) is 51.9 Å². The lowest BCUT2D eigenvalue weighted by atomic mass is 9.35. The number of fused-ring (bicyclic) bond motifs is 30. The first-order chi connectivity index (χ1) is 21.2. The number of ether oxygens (including phenoxy) is 2. The zero-order valence-corrected chi connectivity index (χ0v) is 24.5. The van der Waals surface area contributed by atoms with Crippen molar-refractivity contribution in [3.63, 3.8) is 0 Å². The first-order valence-electron chi connectivity index (χ1n) is 16.8. The first kappa shape index (κ1) is 23.0. The number of benzene rings is 3. The average Bonchev–Trinajstić information content (AvgIpc) is 3.78. The van der Waals surface area contributed by atoms with Gasteiger partial charge in [0.2, 0.25) is 0 Å². The Balaban J connectivity index is 0.963. The smallest absolute Gasteiger partial charge is 0.130 e. The quantitative estimate of drug-likeness (QED) is 0.185. The van der Waals surface area contributed by atoms with Crippen molar-refractivity contribution in [1.29, 1.82) is 10.5 Å². The molecule has 3 aromatic rings. The molecule has 9 aliphatic rings. The lowest BCUT2D eigenvalue weighted by molar-refractivity contribution is -0.198. The highest BCUT2D eigenvalue weighted by Crippen LogP contribution is 2.88. The van der Waals surface area contributed by atoms with Crippen LogP contribution in [-0.4, -0.2) is 14.2 Å². The molecule has 0 spiro atoms. The SMILES string of the molecule is COc1c2c(c(OC)c3cc4ccccc4cc13)[C@@H]1C[C@H]2[C@H]2[C@@H]3[C@H]4C[C@H]([C@@H]5[C@H]6[C@@H]7C[C@@H]([C@H]8C(C#N)=C(C#N)[C@@H]78)[C@H]6[C@H]45)[C@@H]3[C@H]21. The molecule has 0 aromatic heterocycles. The molecule has 4 nitrogen and oxygen atoms in total. The Hall–Kier alpha value is -3.50. The molecule has 7 saturated carbocycles. The van der Waals surface area contributed by atoms with Crippen LogP contribution in [0.4, 0.5) is 0 Å². The van der Waals surface area contributed by atoms with Gasteiger partial charge in [-0.2, -0.15) is 10.5 Å². The monoisotopic (exact) mass is 562 g/mol. The summed E-state index contributed by atoms with van der Waals surface area (Å²) in [5.41, 5.74) is 4.72. The second-order valence-corrected chi connectivity index (χ2v) is 15.9. The predicted molar refractivity (Wildman–Crippen MR) is 161 cm³/mol. The van der Waals surface area contributed by atoms with Crippen molar-refractivity contribution < 1.29 is 9.47 Å². The van der Waals surface area contributed by atoms with Crippen LogP contribution in [0.15, 0.2) is 47.5 Å². The molecule has 4 heteroatoms. The minimum Gasteiger partial charge on any atom is -0.496 e. The lowest BCUT2D eigenvalue weighted by Gasteiger charge is -2.68. The van der Waals surface area contributed by atoms with E-state index in [1.807, 2.05) is 14.2 Å². The summed E-state index contributed by atoms with van der Waals surface area (Å²) in [6.07, 6.45) is 4.03. The summed E-state index contributed by atoms with van der Waals surface area (Å²) in [5.74, 6) is 14.3. The molecular weight excluding hydrogens is 528 g/mol. The topological polar surface area (TPSA) is 66.0 Å². The van der Waals surface area contributed by atoms with Gasteiger partial charge in [-0.05, 0) is 125 Å². The largest absolute Gasteiger partial charge is 0.496 e. The molecule has 43 heavy (non-hydrogen) atoms. The summed E-state index contributed by atoms with van der Waals surface area (Å²) >= 11 is 0. The molecule has 0 heterocycles. The fraction of sp³-hybridized carbons (Fsp3) is 0.538. The van der Waals surface area contributed by atoms with Crippen LogP contribution in [0, 0.1) is 106 Å². The molecule has 3 aromatic carbocycles. The van der Waals surface area contributed by atoms with Crippen LogP contribution in [0.1, 0.15) is 42.2 Å². The van der Waals surface area contributed by atoms with Gasteiger partial charge in [-0.3, -0.25) is 0 Å². The predicted octanol–water partition coefficient (Wildman–Crippen LogP) is 7.44. The summed E-state index contributed by atoms with van der Waals surface area (Å²) in [7, 11) is 3.76. The number of hydrogen-bond donors (Lipinski definition) is 0. The van der Waals surface area contributed by atoms with E-state index in [9.17, 15) is 10.5 Å². The van der Waals surface area contributed by atoms with E-state index in [2.05, 4.69) is 48.5 Å². The lowest BCUT2D eigenvalue weighted by Crippen LogP contribution is -2.65. The Kier molecular flexibility index (Phi) is 3.78. The third-order valence-corrected chi connectivity index (χ3v) is 15.9. The fourth-order valence-corrected chi connectivity index (χ4v) is 15.5. The Bertz CT molecular complexity index is 1860. The second-order valence-electron chi connectivity index (χ2n) is 15.9. The Labute approximate surface area is 251 Å².